The number of hydrogen-bond acceptors (Lipinski definition) is 4. The summed E-state index contributed by atoms with van der Waals surface area (Å²) in [5.74, 6) is 2.14. The van der Waals surface area contributed by atoms with Crippen LogP contribution in [0, 0.1) is 23.2 Å². The van der Waals surface area contributed by atoms with E-state index in [1.165, 1.54) is 12.8 Å². The maximum absolute atomic E-state index is 8.99. The summed E-state index contributed by atoms with van der Waals surface area (Å²) in [5, 5.41) is 8.99. The molecule has 1 saturated heterocycles. The van der Waals surface area contributed by atoms with Crippen molar-refractivity contribution in [2.45, 2.75) is 31.8 Å². The lowest BCUT2D eigenvalue weighted by molar-refractivity contribution is 0.131. The average molecular weight is 323 g/mol. The van der Waals surface area contributed by atoms with Gasteiger partial charge in [-0.15, -0.1) is 6.58 Å². The molecule has 0 N–H and O–H groups in total. The number of nitrogens with zero attached hydrogens (tertiary/aromatic N) is 3. The van der Waals surface area contributed by atoms with Gasteiger partial charge in [0.05, 0.1) is 0 Å². The molecule has 0 saturated carbocycles. The molecule has 1 aliphatic carbocycles. The number of ether oxygens (including phenoxy) is 1. The minimum atomic E-state index is 0.0811. The third kappa shape index (κ3) is 4.24. The van der Waals surface area contributed by atoms with E-state index in [0.29, 0.717) is 11.6 Å². The monoisotopic (exact) mass is 323 g/mol. The van der Waals surface area contributed by atoms with Crippen LogP contribution in [0.15, 0.2) is 43.0 Å². The summed E-state index contributed by atoms with van der Waals surface area (Å²) in [4.78, 5) is 6.78. The summed E-state index contributed by atoms with van der Waals surface area (Å²) >= 11 is 0. The van der Waals surface area contributed by atoms with Crippen molar-refractivity contribution in [2.24, 2.45) is 11.8 Å². The molecule has 1 aromatic heterocycles. The first kappa shape index (κ1) is 16.7. The van der Waals surface area contributed by atoms with Crippen LogP contribution >= 0.6 is 0 Å². The van der Waals surface area contributed by atoms with E-state index in [9.17, 15) is 0 Å². The summed E-state index contributed by atoms with van der Waals surface area (Å²) in [6.45, 7) is 7.06. The number of aromatic nitrogens is 1. The van der Waals surface area contributed by atoms with E-state index in [2.05, 4.69) is 34.7 Å². The highest BCUT2D eigenvalue weighted by Gasteiger charge is 2.33. The predicted octanol–water partition coefficient (Wildman–Crippen LogP) is 3.56. The van der Waals surface area contributed by atoms with E-state index in [0.717, 1.165) is 44.3 Å². The summed E-state index contributed by atoms with van der Waals surface area (Å²) in [6.07, 6.45) is 10.9. The van der Waals surface area contributed by atoms with Crippen molar-refractivity contribution in [1.29, 1.82) is 5.26 Å². The molecule has 126 valence electrons. The molecule has 0 unspecified atom stereocenters. The fourth-order valence-electron chi connectivity index (χ4n) is 3.75. The maximum atomic E-state index is 8.99. The topological polar surface area (TPSA) is 49.1 Å². The Kier molecular flexibility index (Phi) is 5.66. The number of allylic oxidation sites excluding steroid dienone is 3. The molecule has 3 rings (SSSR count). The van der Waals surface area contributed by atoms with Gasteiger partial charge in [-0.3, -0.25) is 4.90 Å². The molecule has 1 aromatic rings. The second-order valence-corrected chi connectivity index (χ2v) is 6.76. The van der Waals surface area contributed by atoms with Crippen LogP contribution in [0.3, 0.4) is 0 Å². The molecule has 24 heavy (non-hydrogen) atoms. The molecule has 0 radical (unpaired) electrons. The first-order valence-corrected chi connectivity index (χ1v) is 8.80. The Bertz CT molecular complexity index is 618. The van der Waals surface area contributed by atoms with Crippen LogP contribution in [0.1, 0.15) is 31.4 Å². The second kappa shape index (κ2) is 8.12. The fourth-order valence-corrected chi connectivity index (χ4v) is 3.75. The van der Waals surface area contributed by atoms with Crippen molar-refractivity contribution in [3.63, 3.8) is 0 Å². The van der Waals surface area contributed by atoms with Gasteiger partial charge in [-0.05, 0) is 43.6 Å². The summed E-state index contributed by atoms with van der Waals surface area (Å²) in [7, 11) is 0. The highest BCUT2D eigenvalue weighted by atomic mass is 16.5. The Balaban J connectivity index is 1.61. The van der Waals surface area contributed by atoms with E-state index < -0.39 is 0 Å². The number of fused-ring (bicyclic) bond motifs is 1. The van der Waals surface area contributed by atoms with Crippen molar-refractivity contribution in [1.82, 2.24) is 9.88 Å². The zero-order valence-corrected chi connectivity index (χ0v) is 14.1. The molecule has 0 aromatic carbocycles. The first-order chi connectivity index (χ1) is 11.8. The van der Waals surface area contributed by atoms with Crippen LogP contribution in [0.5, 0.6) is 5.88 Å². The number of pyridine rings is 1. The molecule has 1 fully saturated rings. The lowest BCUT2D eigenvalue weighted by Gasteiger charge is -2.24. The molecule has 0 amide bonds. The van der Waals surface area contributed by atoms with Crippen LogP contribution in [0.4, 0.5) is 0 Å². The highest BCUT2D eigenvalue weighted by Crippen LogP contribution is 2.33. The summed E-state index contributed by atoms with van der Waals surface area (Å²) < 4.78 is 6.11. The molecule has 3 atom stereocenters. The van der Waals surface area contributed by atoms with Crippen LogP contribution in [0.25, 0.3) is 0 Å². The van der Waals surface area contributed by atoms with Crippen LogP contribution in [-0.2, 0) is 0 Å². The SMILES string of the molecule is C=CCC[C@H](CN1C[C@H]2CC=CC[C@H]2C1)Oc1cccc(C#N)n1. The van der Waals surface area contributed by atoms with E-state index >= 15 is 0 Å². The highest BCUT2D eigenvalue weighted by molar-refractivity contribution is 5.24. The molecule has 2 aliphatic rings. The zero-order chi connectivity index (χ0) is 16.8. The van der Waals surface area contributed by atoms with Gasteiger partial charge < -0.3 is 4.74 Å². The first-order valence-electron chi connectivity index (χ1n) is 8.80. The third-order valence-electron chi connectivity index (χ3n) is 4.98. The van der Waals surface area contributed by atoms with Crippen LogP contribution in [0.2, 0.25) is 0 Å². The predicted molar refractivity (Wildman–Crippen MR) is 94.6 cm³/mol. The van der Waals surface area contributed by atoms with Gasteiger partial charge in [0.2, 0.25) is 5.88 Å². The number of rotatable bonds is 7. The van der Waals surface area contributed by atoms with Crippen molar-refractivity contribution in [3.05, 3.63) is 48.7 Å². The van der Waals surface area contributed by atoms with Crippen molar-refractivity contribution >= 4 is 0 Å². The Morgan fingerprint density at radius 2 is 2.08 bits per heavy atom. The number of likely N-dealkylation sites (tertiary alicyclic amines) is 1. The zero-order valence-electron chi connectivity index (χ0n) is 14.1. The van der Waals surface area contributed by atoms with Gasteiger partial charge >= 0.3 is 0 Å². The van der Waals surface area contributed by atoms with Crippen LogP contribution in [-0.4, -0.2) is 35.6 Å². The normalized spacial score (nSPS) is 24.1. The van der Waals surface area contributed by atoms with Gasteiger partial charge in [0.1, 0.15) is 17.9 Å². The van der Waals surface area contributed by atoms with Gasteiger partial charge in [0.15, 0.2) is 0 Å². The number of hydrogen-bond donors (Lipinski definition) is 0. The van der Waals surface area contributed by atoms with E-state index in [1.807, 2.05) is 18.2 Å². The van der Waals surface area contributed by atoms with E-state index in [1.54, 1.807) is 6.07 Å². The minimum Gasteiger partial charge on any atom is -0.473 e. The lowest BCUT2D eigenvalue weighted by atomic mass is 9.86. The molecule has 0 bridgehead atoms. The summed E-state index contributed by atoms with van der Waals surface area (Å²) in [5.41, 5.74) is 0.397. The van der Waals surface area contributed by atoms with Gasteiger partial charge in [-0.2, -0.15) is 5.26 Å². The maximum Gasteiger partial charge on any atom is 0.214 e. The molecule has 0 spiro atoms. The number of nitriles is 1. The van der Waals surface area contributed by atoms with E-state index in [-0.39, 0.29) is 6.10 Å². The third-order valence-corrected chi connectivity index (χ3v) is 4.98. The molecular formula is C20H25N3O. The van der Waals surface area contributed by atoms with Gasteiger partial charge in [0, 0.05) is 25.7 Å². The van der Waals surface area contributed by atoms with Gasteiger partial charge in [0.25, 0.3) is 0 Å². The second-order valence-electron chi connectivity index (χ2n) is 6.76. The average Bonchev–Trinajstić information content (AvgIpc) is 3.02. The fraction of sp³-hybridized carbons (Fsp3) is 0.500. The molecular weight excluding hydrogens is 298 g/mol. The Morgan fingerprint density at radius 1 is 1.33 bits per heavy atom. The summed E-state index contributed by atoms with van der Waals surface area (Å²) in [6, 6.07) is 7.41. The van der Waals surface area contributed by atoms with Crippen molar-refractivity contribution in [3.8, 4) is 11.9 Å². The molecule has 4 nitrogen and oxygen atoms in total. The van der Waals surface area contributed by atoms with Crippen LogP contribution < -0.4 is 4.74 Å². The van der Waals surface area contributed by atoms with E-state index in [4.69, 9.17) is 10.00 Å². The van der Waals surface area contributed by atoms with Crippen molar-refractivity contribution in [2.75, 3.05) is 19.6 Å². The van der Waals surface area contributed by atoms with Gasteiger partial charge in [-0.25, -0.2) is 4.98 Å². The molecule has 1 aliphatic heterocycles. The Morgan fingerprint density at radius 3 is 2.75 bits per heavy atom. The Labute approximate surface area is 144 Å². The molecule has 4 heteroatoms. The van der Waals surface area contributed by atoms with Gasteiger partial charge in [-0.1, -0.05) is 24.3 Å². The Hall–Kier alpha value is -2.12. The largest absolute Gasteiger partial charge is 0.473 e. The van der Waals surface area contributed by atoms with Crippen molar-refractivity contribution < 1.29 is 4.74 Å². The lowest BCUT2D eigenvalue weighted by Crippen LogP contribution is -2.34. The smallest absolute Gasteiger partial charge is 0.214 e. The quantitative estimate of drug-likeness (QED) is 0.720. The standard InChI is InChI=1S/C20H25N3O/c1-2-3-10-19(24-20-11-6-9-18(12-21)22-20)15-23-13-16-7-4-5-8-17(16)14-23/h2,4-6,9,11,16-17,19H,1,3,7-8,10,13-15H2/t16-,17+,19-/m1/s1. The molecule has 2 heterocycles. The minimum absolute atomic E-state index is 0.0811.